The fraction of sp³-hybridized carbons (Fsp3) is 0.444. The zero-order valence-corrected chi connectivity index (χ0v) is 22.1. The number of benzene rings is 1. The number of nitrogens with one attached hydrogen (secondary N) is 2. The van der Waals surface area contributed by atoms with Gasteiger partial charge in [-0.1, -0.05) is 11.6 Å². The van der Waals surface area contributed by atoms with Crippen LogP contribution in [0.4, 0.5) is 17.6 Å². The smallest absolute Gasteiger partial charge is 0.381 e. The van der Waals surface area contributed by atoms with Crippen molar-refractivity contribution in [3.05, 3.63) is 71.0 Å². The number of amides is 2. The first-order valence-corrected chi connectivity index (χ1v) is 13.3. The third-order valence-corrected chi connectivity index (χ3v) is 7.84. The van der Waals surface area contributed by atoms with Crippen LogP contribution in [0, 0.1) is 5.82 Å². The summed E-state index contributed by atoms with van der Waals surface area (Å²) in [6.45, 7) is -0.736. The van der Waals surface area contributed by atoms with E-state index in [1.807, 2.05) is 0 Å². The van der Waals surface area contributed by atoms with Gasteiger partial charge in [0.15, 0.2) is 0 Å². The highest BCUT2D eigenvalue weighted by Crippen LogP contribution is 2.33. The van der Waals surface area contributed by atoms with Crippen molar-refractivity contribution in [2.24, 2.45) is 0 Å². The molecule has 0 unspecified atom stereocenters. The number of nitrogens with zero attached hydrogens (tertiary/aromatic N) is 3. The molecule has 2 atom stereocenters. The predicted octanol–water partition coefficient (Wildman–Crippen LogP) is 3.94. The van der Waals surface area contributed by atoms with E-state index in [4.69, 9.17) is 16.3 Å². The number of piperidine rings is 1. The molecule has 3 aromatic rings. The van der Waals surface area contributed by atoms with E-state index in [1.54, 1.807) is 46.2 Å². The quantitative estimate of drug-likeness (QED) is 0.431. The van der Waals surface area contributed by atoms with Crippen molar-refractivity contribution in [1.82, 2.24) is 24.9 Å². The van der Waals surface area contributed by atoms with Crippen molar-refractivity contribution in [3.8, 4) is 0 Å². The lowest BCUT2D eigenvalue weighted by atomic mass is 9.83. The van der Waals surface area contributed by atoms with Crippen molar-refractivity contribution >= 4 is 28.9 Å². The van der Waals surface area contributed by atoms with Gasteiger partial charge in [0.1, 0.15) is 11.4 Å². The van der Waals surface area contributed by atoms with Crippen molar-refractivity contribution in [2.75, 3.05) is 32.8 Å². The summed E-state index contributed by atoms with van der Waals surface area (Å²) in [7, 11) is 0. The number of fused-ring (bicyclic) bond motifs is 1. The molecule has 0 saturated carbocycles. The monoisotopic (exact) mass is 581 g/mol. The van der Waals surface area contributed by atoms with Crippen molar-refractivity contribution in [3.63, 3.8) is 0 Å². The normalized spacial score (nSPS) is 21.4. The summed E-state index contributed by atoms with van der Waals surface area (Å²) < 4.78 is 60.7. The minimum absolute atomic E-state index is 0.0456. The van der Waals surface area contributed by atoms with E-state index in [0.29, 0.717) is 29.6 Å². The van der Waals surface area contributed by atoms with Gasteiger partial charge in [0.25, 0.3) is 5.91 Å². The van der Waals surface area contributed by atoms with Gasteiger partial charge in [-0.15, -0.1) is 0 Å². The van der Waals surface area contributed by atoms with Gasteiger partial charge in [0.2, 0.25) is 5.91 Å². The molecule has 2 N–H and O–H groups in total. The van der Waals surface area contributed by atoms with Crippen LogP contribution >= 0.6 is 11.6 Å². The lowest BCUT2D eigenvalue weighted by Crippen LogP contribution is -2.64. The van der Waals surface area contributed by atoms with E-state index in [9.17, 15) is 27.2 Å². The Bertz CT molecular complexity index is 1370. The van der Waals surface area contributed by atoms with E-state index >= 15 is 0 Å². The minimum atomic E-state index is -4.52. The second kappa shape index (κ2) is 11.3. The number of carbonyl (C=O) groups is 2. The van der Waals surface area contributed by atoms with Gasteiger partial charge in [0, 0.05) is 43.4 Å². The summed E-state index contributed by atoms with van der Waals surface area (Å²) in [5, 5.41) is 5.53. The molecule has 40 heavy (non-hydrogen) atoms. The highest BCUT2D eigenvalue weighted by Gasteiger charge is 2.45. The molecule has 4 heterocycles. The van der Waals surface area contributed by atoms with Crippen LogP contribution in [0.5, 0.6) is 0 Å². The van der Waals surface area contributed by atoms with Crippen LogP contribution in [0.1, 0.15) is 41.1 Å². The number of ether oxygens (including phenoxy) is 1. The van der Waals surface area contributed by atoms with Gasteiger partial charge >= 0.3 is 6.18 Å². The Hall–Kier alpha value is -3.22. The molecule has 0 bridgehead atoms. The van der Waals surface area contributed by atoms with Crippen molar-refractivity contribution < 1.29 is 31.9 Å². The Morgan fingerprint density at radius 1 is 1.20 bits per heavy atom. The molecule has 2 saturated heterocycles. The molecule has 214 valence electrons. The molecule has 0 radical (unpaired) electrons. The van der Waals surface area contributed by atoms with Crippen LogP contribution in [0.25, 0.3) is 5.52 Å². The lowest BCUT2D eigenvalue weighted by Gasteiger charge is -2.43. The number of rotatable bonds is 6. The number of pyridine rings is 1. The van der Waals surface area contributed by atoms with Crippen LogP contribution in [-0.4, -0.2) is 76.7 Å². The van der Waals surface area contributed by atoms with Gasteiger partial charge < -0.3 is 19.4 Å². The third kappa shape index (κ3) is 6.08. The molecule has 0 aliphatic carbocycles. The number of hydrogen-bond donors (Lipinski definition) is 2. The largest absolute Gasteiger partial charge is 0.401 e. The molecule has 2 fully saturated rings. The molecular formula is C27H28ClF4N5O3. The first-order valence-electron chi connectivity index (χ1n) is 12.9. The van der Waals surface area contributed by atoms with Crippen molar-refractivity contribution in [2.45, 2.75) is 42.9 Å². The Kier molecular flexibility index (Phi) is 8.03. The maximum atomic E-state index is 14.3. The van der Waals surface area contributed by atoms with Crippen molar-refractivity contribution in [1.29, 1.82) is 0 Å². The van der Waals surface area contributed by atoms with Gasteiger partial charge in [-0.25, -0.2) is 9.37 Å². The third-order valence-electron chi connectivity index (χ3n) is 7.62. The number of aromatic nitrogens is 2. The molecular weight excluding hydrogens is 554 g/mol. The summed E-state index contributed by atoms with van der Waals surface area (Å²) in [6, 6.07) is 6.78. The SMILES string of the molecule is O=C(c1cccn2cncc12)N1CC[C@@H](c2cc(F)cc(Cl)c2)[C@H](NC(=O)C2(NCC(F)(F)F)CCOCC2)C1. The predicted molar refractivity (Wildman–Crippen MR) is 139 cm³/mol. The summed E-state index contributed by atoms with van der Waals surface area (Å²) in [5.74, 6) is -1.89. The Labute approximate surface area is 232 Å². The van der Waals surface area contributed by atoms with E-state index in [2.05, 4.69) is 15.6 Å². The number of halogens is 5. The van der Waals surface area contributed by atoms with E-state index in [0.717, 1.165) is 0 Å². The Morgan fingerprint density at radius 2 is 1.98 bits per heavy atom. The average molecular weight is 582 g/mol. The second-order valence-electron chi connectivity index (χ2n) is 10.2. The minimum Gasteiger partial charge on any atom is -0.381 e. The van der Waals surface area contributed by atoms with Crippen LogP contribution in [0.2, 0.25) is 5.02 Å². The zero-order valence-electron chi connectivity index (χ0n) is 21.4. The van der Waals surface area contributed by atoms with Gasteiger partial charge in [-0.05, 0) is 55.2 Å². The molecule has 2 aliphatic rings. The molecule has 0 spiro atoms. The van der Waals surface area contributed by atoms with E-state index in [-0.39, 0.29) is 43.5 Å². The molecule has 2 aliphatic heterocycles. The number of hydrogen-bond acceptors (Lipinski definition) is 5. The standard InChI is InChI=1S/C27H28ClF4N5O3/c28-18-10-17(11-19(29)12-18)20-3-7-36(24(38)21-2-1-6-37-16-33-13-23(21)37)14-22(20)35-25(39)26(4-8-40-9-5-26)34-15-27(30,31)32/h1-2,6,10-13,16,20,22,34H,3-5,7-9,14-15H2,(H,35,39)/t20-,22+/m0/s1. The molecule has 5 rings (SSSR count). The van der Waals surface area contributed by atoms with E-state index in [1.165, 1.54) is 12.1 Å². The van der Waals surface area contributed by atoms with Crippen LogP contribution in [0.3, 0.4) is 0 Å². The summed E-state index contributed by atoms with van der Waals surface area (Å²) in [6.07, 6.45) is 0.864. The average Bonchev–Trinajstić information content (AvgIpc) is 3.40. The Balaban J connectivity index is 1.44. The lowest BCUT2D eigenvalue weighted by molar-refractivity contribution is -0.143. The topological polar surface area (TPSA) is 88.0 Å². The van der Waals surface area contributed by atoms with Gasteiger partial charge in [-0.2, -0.15) is 13.2 Å². The zero-order chi connectivity index (χ0) is 28.5. The highest BCUT2D eigenvalue weighted by molar-refractivity contribution is 6.30. The fourth-order valence-corrected chi connectivity index (χ4v) is 5.78. The van der Waals surface area contributed by atoms with Crippen LogP contribution in [-0.2, 0) is 9.53 Å². The molecule has 2 aromatic heterocycles. The highest BCUT2D eigenvalue weighted by atomic mass is 35.5. The van der Waals surface area contributed by atoms with Gasteiger partial charge in [-0.3, -0.25) is 14.9 Å². The van der Waals surface area contributed by atoms with Crippen LogP contribution in [0.15, 0.2) is 49.1 Å². The molecule has 1 aromatic carbocycles. The maximum absolute atomic E-state index is 14.3. The fourth-order valence-electron chi connectivity index (χ4n) is 5.55. The summed E-state index contributed by atoms with van der Waals surface area (Å²) >= 11 is 6.12. The first-order chi connectivity index (χ1) is 19.0. The maximum Gasteiger partial charge on any atom is 0.401 e. The number of imidazole rings is 1. The second-order valence-corrected chi connectivity index (χ2v) is 10.6. The van der Waals surface area contributed by atoms with E-state index < -0.39 is 41.9 Å². The number of carbonyl (C=O) groups excluding carboxylic acids is 2. The molecule has 8 nitrogen and oxygen atoms in total. The number of alkyl halides is 3. The van der Waals surface area contributed by atoms with Crippen LogP contribution < -0.4 is 10.6 Å². The first kappa shape index (κ1) is 28.3. The summed E-state index contributed by atoms with van der Waals surface area (Å²) in [5.41, 5.74) is 0.0622. The van der Waals surface area contributed by atoms with Gasteiger partial charge in [0.05, 0.1) is 36.2 Å². The Morgan fingerprint density at radius 3 is 2.70 bits per heavy atom. The number of likely N-dealkylation sites (tertiary alicyclic amines) is 1. The summed E-state index contributed by atoms with van der Waals surface area (Å²) in [4.78, 5) is 33.0. The molecule has 2 amide bonds. The molecule has 13 heteroatoms.